The van der Waals surface area contributed by atoms with Crippen LogP contribution in [0, 0.1) is 5.92 Å². The van der Waals surface area contributed by atoms with E-state index in [0.717, 1.165) is 12.8 Å². The predicted molar refractivity (Wildman–Crippen MR) is 66.2 cm³/mol. The minimum Gasteiger partial charge on any atom is -0.404 e. The lowest BCUT2D eigenvalue weighted by Crippen LogP contribution is -2.46. The summed E-state index contributed by atoms with van der Waals surface area (Å²) in [7, 11) is 1.78. The molecule has 0 aromatic heterocycles. The molecule has 17 heavy (non-hydrogen) atoms. The third-order valence-corrected chi connectivity index (χ3v) is 3.07. The monoisotopic (exact) mass is 239 g/mol. The summed E-state index contributed by atoms with van der Waals surface area (Å²) < 4.78 is 0. The number of ketones is 1. The Labute approximate surface area is 102 Å². The molecule has 0 spiro atoms. The number of carbonyl (C=O) groups excluding carboxylic acids is 2. The van der Waals surface area contributed by atoms with Gasteiger partial charge in [0.15, 0.2) is 5.78 Å². The molecular weight excluding hydrogens is 218 g/mol. The van der Waals surface area contributed by atoms with Gasteiger partial charge in [-0.3, -0.25) is 9.59 Å². The Kier molecular flexibility index (Phi) is 5.15. The maximum atomic E-state index is 12.1. The minimum absolute atomic E-state index is 0.00983. The Balaban J connectivity index is 2.72. The van der Waals surface area contributed by atoms with Gasteiger partial charge in [0.25, 0.3) is 0 Å². The van der Waals surface area contributed by atoms with E-state index >= 15 is 0 Å². The van der Waals surface area contributed by atoms with Crippen LogP contribution in [0.5, 0.6) is 0 Å². The molecule has 3 N–H and O–H groups in total. The van der Waals surface area contributed by atoms with Crippen molar-refractivity contribution in [3.05, 3.63) is 12.3 Å². The summed E-state index contributed by atoms with van der Waals surface area (Å²) in [5, 5.41) is 3.00. The van der Waals surface area contributed by atoms with E-state index in [-0.39, 0.29) is 24.3 Å². The van der Waals surface area contributed by atoms with Gasteiger partial charge in [-0.2, -0.15) is 0 Å². The molecule has 5 heteroatoms. The van der Waals surface area contributed by atoms with Crippen molar-refractivity contribution in [2.75, 3.05) is 20.1 Å². The van der Waals surface area contributed by atoms with Crippen molar-refractivity contribution in [2.45, 2.75) is 25.8 Å². The third-order valence-electron chi connectivity index (χ3n) is 3.07. The molecule has 1 aliphatic rings. The fourth-order valence-electron chi connectivity index (χ4n) is 2.11. The van der Waals surface area contributed by atoms with Crippen LogP contribution in [-0.4, -0.2) is 42.8 Å². The standard InChI is InChI=1S/C12H21N3O2/c1-9-3-4-11(14-2)12(17)15(7-9)8-10(16)5-6-13/h5-6,9,11,14H,3-4,7-8,13H2,1-2H3. The van der Waals surface area contributed by atoms with Gasteiger partial charge >= 0.3 is 0 Å². The predicted octanol–water partition coefficient (Wildman–Crippen LogP) is -0.126. The molecule has 1 amide bonds. The van der Waals surface area contributed by atoms with Gasteiger partial charge < -0.3 is 16.0 Å². The number of nitrogens with zero attached hydrogens (tertiary/aromatic N) is 1. The van der Waals surface area contributed by atoms with Crippen LogP contribution in [-0.2, 0) is 9.59 Å². The average molecular weight is 239 g/mol. The molecule has 0 aliphatic carbocycles. The number of nitrogens with two attached hydrogens (primary N) is 1. The summed E-state index contributed by atoms with van der Waals surface area (Å²) in [5.74, 6) is 0.299. The number of hydrogen-bond donors (Lipinski definition) is 2. The summed E-state index contributed by atoms with van der Waals surface area (Å²) >= 11 is 0. The molecule has 2 atom stereocenters. The van der Waals surface area contributed by atoms with E-state index in [9.17, 15) is 9.59 Å². The highest BCUT2D eigenvalue weighted by Gasteiger charge is 2.29. The van der Waals surface area contributed by atoms with Crippen molar-refractivity contribution in [1.82, 2.24) is 10.2 Å². The van der Waals surface area contributed by atoms with Crippen LogP contribution in [0.1, 0.15) is 19.8 Å². The van der Waals surface area contributed by atoms with Crippen LogP contribution in [0.25, 0.3) is 0 Å². The number of likely N-dealkylation sites (N-methyl/N-ethyl adjacent to an activating group) is 1. The number of nitrogens with one attached hydrogen (secondary N) is 1. The maximum Gasteiger partial charge on any atom is 0.240 e. The van der Waals surface area contributed by atoms with Crippen LogP contribution in [0.3, 0.4) is 0 Å². The molecule has 0 radical (unpaired) electrons. The number of rotatable bonds is 4. The average Bonchev–Trinajstić information content (AvgIpc) is 2.40. The first-order chi connectivity index (χ1) is 8.08. The van der Waals surface area contributed by atoms with E-state index in [1.54, 1.807) is 11.9 Å². The zero-order chi connectivity index (χ0) is 12.8. The summed E-state index contributed by atoms with van der Waals surface area (Å²) in [6.45, 7) is 2.86. The smallest absolute Gasteiger partial charge is 0.240 e. The summed E-state index contributed by atoms with van der Waals surface area (Å²) in [5.41, 5.74) is 5.16. The lowest BCUT2D eigenvalue weighted by Gasteiger charge is -2.24. The largest absolute Gasteiger partial charge is 0.404 e. The molecule has 2 unspecified atom stereocenters. The molecule has 96 valence electrons. The zero-order valence-corrected chi connectivity index (χ0v) is 10.5. The molecule has 0 saturated carbocycles. The van der Waals surface area contributed by atoms with E-state index in [1.165, 1.54) is 12.3 Å². The van der Waals surface area contributed by atoms with Gasteiger partial charge in [-0.25, -0.2) is 0 Å². The van der Waals surface area contributed by atoms with Crippen LogP contribution in [0.15, 0.2) is 12.3 Å². The van der Waals surface area contributed by atoms with Crippen LogP contribution >= 0.6 is 0 Å². The normalized spacial score (nSPS) is 26.2. The fourth-order valence-corrected chi connectivity index (χ4v) is 2.11. The molecule has 1 rings (SSSR count). The van der Waals surface area contributed by atoms with Crippen molar-refractivity contribution in [1.29, 1.82) is 0 Å². The zero-order valence-electron chi connectivity index (χ0n) is 10.5. The molecule has 1 saturated heterocycles. The van der Waals surface area contributed by atoms with Gasteiger partial charge in [0.1, 0.15) is 0 Å². The van der Waals surface area contributed by atoms with Gasteiger partial charge in [-0.15, -0.1) is 0 Å². The SMILES string of the molecule is CNC1CCC(C)CN(CC(=O)C=CN)C1=O. The quantitative estimate of drug-likeness (QED) is 0.670. The summed E-state index contributed by atoms with van der Waals surface area (Å²) in [6, 6.07) is -0.172. The van der Waals surface area contributed by atoms with Crippen LogP contribution in [0.4, 0.5) is 0 Å². The molecule has 0 aromatic rings. The lowest BCUT2D eigenvalue weighted by molar-refractivity contribution is -0.135. The third kappa shape index (κ3) is 3.85. The first kappa shape index (κ1) is 13.7. The number of amides is 1. The lowest BCUT2D eigenvalue weighted by atomic mass is 10.0. The Hall–Kier alpha value is -1.36. The van der Waals surface area contributed by atoms with E-state index in [0.29, 0.717) is 12.5 Å². The van der Waals surface area contributed by atoms with Crippen molar-refractivity contribution in [3.8, 4) is 0 Å². The van der Waals surface area contributed by atoms with Crippen molar-refractivity contribution in [2.24, 2.45) is 11.7 Å². The highest BCUT2D eigenvalue weighted by molar-refractivity contribution is 5.94. The van der Waals surface area contributed by atoms with Crippen LogP contribution < -0.4 is 11.1 Å². The van der Waals surface area contributed by atoms with E-state index in [4.69, 9.17) is 5.73 Å². The van der Waals surface area contributed by atoms with Crippen LogP contribution in [0.2, 0.25) is 0 Å². The van der Waals surface area contributed by atoms with E-state index < -0.39 is 0 Å². The first-order valence-corrected chi connectivity index (χ1v) is 5.95. The molecule has 0 bridgehead atoms. The Bertz CT molecular complexity index is 315. The highest BCUT2D eigenvalue weighted by Crippen LogP contribution is 2.17. The van der Waals surface area contributed by atoms with Crippen molar-refractivity contribution < 1.29 is 9.59 Å². The number of likely N-dealkylation sites (tertiary alicyclic amines) is 1. The van der Waals surface area contributed by atoms with Gasteiger partial charge in [0.05, 0.1) is 12.6 Å². The Morgan fingerprint density at radius 2 is 2.29 bits per heavy atom. The summed E-state index contributed by atoms with van der Waals surface area (Å²) in [4.78, 5) is 25.2. The Morgan fingerprint density at radius 3 is 2.88 bits per heavy atom. The fraction of sp³-hybridized carbons (Fsp3) is 0.667. The number of hydrogen-bond acceptors (Lipinski definition) is 4. The van der Waals surface area contributed by atoms with Crippen molar-refractivity contribution in [3.63, 3.8) is 0 Å². The first-order valence-electron chi connectivity index (χ1n) is 5.95. The van der Waals surface area contributed by atoms with Crippen molar-refractivity contribution >= 4 is 11.7 Å². The van der Waals surface area contributed by atoms with Gasteiger partial charge in [-0.05, 0) is 38.1 Å². The van der Waals surface area contributed by atoms with Gasteiger partial charge in [-0.1, -0.05) is 6.92 Å². The molecule has 0 aromatic carbocycles. The second-order valence-corrected chi connectivity index (χ2v) is 4.57. The highest BCUT2D eigenvalue weighted by atomic mass is 16.2. The summed E-state index contributed by atoms with van der Waals surface area (Å²) in [6.07, 6.45) is 4.34. The number of carbonyl (C=O) groups is 2. The van der Waals surface area contributed by atoms with Gasteiger partial charge in [0.2, 0.25) is 5.91 Å². The maximum absolute atomic E-state index is 12.1. The minimum atomic E-state index is -0.172. The van der Waals surface area contributed by atoms with E-state index in [1.807, 2.05) is 0 Å². The second kappa shape index (κ2) is 6.39. The molecule has 1 heterocycles. The van der Waals surface area contributed by atoms with E-state index in [2.05, 4.69) is 12.2 Å². The second-order valence-electron chi connectivity index (χ2n) is 4.57. The molecule has 5 nitrogen and oxygen atoms in total. The molecular formula is C12H21N3O2. The topological polar surface area (TPSA) is 75.4 Å². The molecule has 1 aliphatic heterocycles. The Morgan fingerprint density at radius 1 is 1.59 bits per heavy atom. The van der Waals surface area contributed by atoms with Gasteiger partial charge in [0, 0.05) is 6.54 Å². The molecule has 1 fully saturated rings.